The first-order valence-electron chi connectivity index (χ1n) is 13.7. The van der Waals surface area contributed by atoms with Crippen molar-refractivity contribution in [3.05, 3.63) is 139 Å². The molecule has 0 radical (unpaired) electrons. The van der Waals surface area contributed by atoms with Gasteiger partial charge in [-0.1, -0.05) is 65.9 Å². The lowest BCUT2D eigenvalue weighted by molar-refractivity contribution is -0.139. The van der Waals surface area contributed by atoms with Gasteiger partial charge in [-0.15, -0.1) is 18.3 Å². The molecule has 0 unspecified atom stereocenters. The fourth-order valence-electron chi connectivity index (χ4n) is 4.92. The SMILES string of the molecule is C=CCc1cc(/C=c2/sc3n(c2=O)[C@@H](c2ccc(SC)cc2)C(C(=O)OCC)=C(C)N=3)ccc1OCc1ccccc1. The molecule has 0 fully saturated rings. The number of allylic oxidation sites excluding steroid dienone is 2. The molecule has 1 aliphatic rings. The molecule has 8 heteroatoms. The molecule has 1 atom stereocenters. The lowest BCUT2D eigenvalue weighted by Gasteiger charge is -2.24. The Bertz CT molecular complexity index is 1820. The molecule has 1 aliphatic heterocycles. The molecule has 2 heterocycles. The van der Waals surface area contributed by atoms with Crippen molar-refractivity contribution in [1.82, 2.24) is 4.57 Å². The van der Waals surface area contributed by atoms with Gasteiger partial charge >= 0.3 is 5.97 Å². The molecule has 0 spiro atoms. The van der Waals surface area contributed by atoms with Crippen LogP contribution in [0.5, 0.6) is 5.75 Å². The van der Waals surface area contributed by atoms with Crippen molar-refractivity contribution >= 4 is 35.1 Å². The molecular formula is C34H32N2O4S2. The first kappa shape index (κ1) is 29.4. The van der Waals surface area contributed by atoms with Gasteiger partial charge in [0.05, 0.1) is 28.5 Å². The van der Waals surface area contributed by atoms with Gasteiger partial charge in [-0.2, -0.15) is 0 Å². The van der Waals surface area contributed by atoms with Crippen LogP contribution in [0.25, 0.3) is 6.08 Å². The van der Waals surface area contributed by atoms with Crippen LogP contribution in [0.4, 0.5) is 0 Å². The summed E-state index contributed by atoms with van der Waals surface area (Å²) in [5.41, 5.74) is 4.48. The summed E-state index contributed by atoms with van der Waals surface area (Å²) in [5, 5.41) is 0. The topological polar surface area (TPSA) is 69.9 Å². The van der Waals surface area contributed by atoms with Crippen molar-refractivity contribution in [2.24, 2.45) is 4.99 Å². The number of hydrogen-bond donors (Lipinski definition) is 0. The molecule has 0 saturated heterocycles. The highest BCUT2D eigenvalue weighted by Crippen LogP contribution is 2.32. The van der Waals surface area contributed by atoms with Crippen LogP contribution in [0.15, 0.2) is 111 Å². The monoisotopic (exact) mass is 596 g/mol. The zero-order chi connectivity index (χ0) is 29.6. The Morgan fingerprint density at radius 3 is 2.57 bits per heavy atom. The lowest BCUT2D eigenvalue weighted by atomic mass is 9.96. The van der Waals surface area contributed by atoms with Gasteiger partial charge in [0.1, 0.15) is 12.4 Å². The van der Waals surface area contributed by atoms with E-state index in [0.29, 0.717) is 33.6 Å². The van der Waals surface area contributed by atoms with Gasteiger partial charge in [0, 0.05) is 4.90 Å². The van der Waals surface area contributed by atoms with E-state index in [0.717, 1.165) is 32.9 Å². The Balaban J connectivity index is 1.56. The highest BCUT2D eigenvalue weighted by molar-refractivity contribution is 7.98. The van der Waals surface area contributed by atoms with Gasteiger partial charge in [-0.3, -0.25) is 9.36 Å². The van der Waals surface area contributed by atoms with E-state index < -0.39 is 12.0 Å². The maximum atomic E-state index is 14.0. The third-order valence-electron chi connectivity index (χ3n) is 6.93. The van der Waals surface area contributed by atoms with Crippen molar-refractivity contribution in [1.29, 1.82) is 0 Å². The van der Waals surface area contributed by atoms with Crippen molar-refractivity contribution in [3.8, 4) is 5.75 Å². The zero-order valence-corrected chi connectivity index (χ0v) is 25.5. The number of hydrogen-bond acceptors (Lipinski definition) is 7. The third-order valence-corrected chi connectivity index (χ3v) is 8.66. The van der Waals surface area contributed by atoms with Crippen LogP contribution >= 0.6 is 23.1 Å². The molecule has 0 N–H and O–H groups in total. The average molecular weight is 597 g/mol. The number of thioether (sulfide) groups is 1. The van der Waals surface area contributed by atoms with Gasteiger partial charge < -0.3 is 9.47 Å². The van der Waals surface area contributed by atoms with Crippen molar-refractivity contribution in [2.75, 3.05) is 12.9 Å². The highest BCUT2D eigenvalue weighted by Gasteiger charge is 2.33. The van der Waals surface area contributed by atoms with Crippen LogP contribution < -0.4 is 19.6 Å². The smallest absolute Gasteiger partial charge is 0.338 e. The minimum atomic E-state index is -0.636. The number of fused-ring (bicyclic) bond motifs is 1. The molecule has 42 heavy (non-hydrogen) atoms. The lowest BCUT2D eigenvalue weighted by Crippen LogP contribution is -2.39. The maximum Gasteiger partial charge on any atom is 0.338 e. The Labute approximate surface area is 253 Å². The Morgan fingerprint density at radius 2 is 1.88 bits per heavy atom. The summed E-state index contributed by atoms with van der Waals surface area (Å²) in [7, 11) is 0. The number of nitrogens with zero attached hydrogens (tertiary/aromatic N) is 2. The van der Waals surface area contributed by atoms with Gasteiger partial charge in [0.15, 0.2) is 4.80 Å². The number of carbonyl (C=O) groups excluding carboxylic acids is 1. The average Bonchev–Trinajstić information content (AvgIpc) is 3.30. The largest absolute Gasteiger partial charge is 0.489 e. The predicted molar refractivity (Wildman–Crippen MR) is 170 cm³/mol. The van der Waals surface area contributed by atoms with Crippen molar-refractivity contribution < 1.29 is 14.3 Å². The summed E-state index contributed by atoms with van der Waals surface area (Å²) >= 11 is 2.94. The fourth-order valence-corrected chi connectivity index (χ4v) is 6.38. The van der Waals surface area contributed by atoms with E-state index in [-0.39, 0.29) is 12.2 Å². The second-order valence-corrected chi connectivity index (χ2v) is 11.6. The quantitative estimate of drug-likeness (QED) is 0.131. The molecule has 4 aromatic rings. The molecule has 0 amide bonds. The van der Waals surface area contributed by atoms with Gasteiger partial charge in [0.25, 0.3) is 5.56 Å². The number of esters is 1. The third kappa shape index (κ3) is 6.20. The molecular weight excluding hydrogens is 565 g/mol. The number of aromatic nitrogens is 1. The van der Waals surface area contributed by atoms with E-state index in [1.165, 1.54) is 11.3 Å². The van der Waals surface area contributed by atoms with Gasteiger partial charge in [-0.25, -0.2) is 9.79 Å². The predicted octanol–water partition coefficient (Wildman–Crippen LogP) is 5.83. The maximum absolute atomic E-state index is 14.0. The van der Waals surface area contributed by atoms with Crippen LogP contribution in [-0.2, 0) is 22.6 Å². The minimum absolute atomic E-state index is 0.207. The summed E-state index contributed by atoms with van der Waals surface area (Å²) in [4.78, 5) is 33.4. The van der Waals surface area contributed by atoms with Gasteiger partial charge in [-0.05, 0) is 79.1 Å². The Morgan fingerprint density at radius 1 is 1.12 bits per heavy atom. The molecule has 0 bridgehead atoms. The normalized spacial score (nSPS) is 14.7. The number of ether oxygens (including phenoxy) is 2. The summed E-state index contributed by atoms with van der Waals surface area (Å²) in [5.74, 6) is 0.313. The van der Waals surface area contributed by atoms with E-state index in [9.17, 15) is 9.59 Å². The molecule has 214 valence electrons. The van der Waals surface area contributed by atoms with Crippen LogP contribution in [-0.4, -0.2) is 23.4 Å². The molecule has 0 aliphatic carbocycles. The zero-order valence-electron chi connectivity index (χ0n) is 23.8. The molecule has 1 aromatic heterocycles. The molecule has 5 rings (SSSR count). The summed E-state index contributed by atoms with van der Waals surface area (Å²) in [6.07, 6.45) is 6.34. The number of carbonyl (C=O) groups is 1. The van der Waals surface area contributed by atoms with E-state index in [1.54, 1.807) is 30.2 Å². The standard InChI is InChI=1S/C34H32N2O4S2/c1-5-10-26-19-24(13-18-28(26)40-21-23-11-8-7-9-12-23)20-29-32(37)36-31(25-14-16-27(41-4)17-15-25)30(33(38)39-6-2)22(3)35-34(36)42-29/h5,7-9,11-20,31H,1,6,10,21H2,2-4H3/b29-20+/t31-/m0/s1. The number of benzene rings is 3. The van der Waals surface area contributed by atoms with E-state index in [2.05, 4.69) is 11.6 Å². The summed E-state index contributed by atoms with van der Waals surface area (Å²) in [6, 6.07) is 23.2. The highest BCUT2D eigenvalue weighted by atomic mass is 32.2. The summed E-state index contributed by atoms with van der Waals surface area (Å²) < 4.78 is 13.7. The summed E-state index contributed by atoms with van der Waals surface area (Å²) in [6.45, 7) is 8.16. The number of thiazole rings is 1. The number of rotatable bonds is 10. The van der Waals surface area contributed by atoms with Crippen LogP contribution in [0.2, 0.25) is 0 Å². The minimum Gasteiger partial charge on any atom is -0.489 e. The fraction of sp³-hybridized carbons (Fsp3) is 0.206. The Hall–Kier alpha value is -4.14. The molecule has 3 aromatic carbocycles. The first-order valence-corrected chi connectivity index (χ1v) is 15.7. The van der Waals surface area contributed by atoms with Crippen LogP contribution in [0.1, 0.15) is 42.1 Å². The van der Waals surface area contributed by atoms with E-state index in [1.807, 2.05) is 91.2 Å². The Kier molecular flexibility index (Phi) is 9.25. The van der Waals surface area contributed by atoms with Crippen molar-refractivity contribution in [2.45, 2.75) is 37.8 Å². The van der Waals surface area contributed by atoms with E-state index >= 15 is 0 Å². The second kappa shape index (κ2) is 13.2. The molecule has 0 saturated carbocycles. The first-order chi connectivity index (χ1) is 20.4. The van der Waals surface area contributed by atoms with E-state index in [4.69, 9.17) is 9.47 Å². The second-order valence-electron chi connectivity index (χ2n) is 9.71. The van der Waals surface area contributed by atoms with Crippen LogP contribution in [0.3, 0.4) is 0 Å². The molecule has 6 nitrogen and oxygen atoms in total. The van der Waals surface area contributed by atoms with Crippen LogP contribution in [0, 0.1) is 0 Å². The van der Waals surface area contributed by atoms with Gasteiger partial charge in [0.2, 0.25) is 0 Å². The van der Waals surface area contributed by atoms with Crippen molar-refractivity contribution in [3.63, 3.8) is 0 Å².